The minimum atomic E-state index is -0.0995. The van der Waals surface area contributed by atoms with Crippen molar-refractivity contribution in [1.29, 1.82) is 0 Å². The lowest BCUT2D eigenvalue weighted by Crippen LogP contribution is -2.39. The lowest BCUT2D eigenvalue weighted by molar-refractivity contribution is -0.148. The maximum Gasteiger partial charge on any atom is 0.310 e. The highest BCUT2D eigenvalue weighted by Crippen LogP contribution is 2.24. The highest BCUT2D eigenvalue weighted by atomic mass is 16.5. The zero-order valence-corrected chi connectivity index (χ0v) is 12.1. The van der Waals surface area contributed by atoms with E-state index in [2.05, 4.69) is 4.90 Å². The molecule has 0 bridgehead atoms. The molecule has 1 aromatic carbocycles. The van der Waals surface area contributed by atoms with E-state index in [9.17, 15) is 9.59 Å². The van der Waals surface area contributed by atoms with Crippen LogP contribution in [0.1, 0.15) is 37.0 Å². The Morgan fingerprint density at radius 1 is 1.30 bits per heavy atom. The van der Waals surface area contributed by atoms with Gasteiger partial charge in [-0.3, -0.25) is 9.59 Å². The van der Waals surface area contributed by atoms with E-state index in [1.807, 2.05) is 31.2 Å². The first-order valence-electron chi connectivity index (χ1n) is 7.14. The molecule has 0 saturated carbocycles. The molecule has 4 heteroatoms. The Labute approximate surface area is 119 Å². The molecule has 0 radical (unpaired) electrons. The molecule has 0 aliphatic carbocycles. The number of esters is 1. The molecule has 1 unspecified atom stereocenters. The molecule has 20 heavy (non-hydrogen) atoms. The predicted molar refractivity (Wildman–Crippen MR) is 78.0 cm³/mol. The van der Waals surface area contributed by atoms with Crippen molar-refractivity contribution < 1.29 is 14.3 Å². The Morgan fingerprint density at radius 3 is 2.60 bits per heavy atom. The first-order chi connectivity index (χ1) is 9.61. The van der Waals surface area contributed by atoms with Crippen LogP contribution in [0.5, 0.6) is 0 Å². The topological polar surface area (TPSA) is 46.6 Å². The Morgan fingerprint density at radius 2 is 2.00 bits per heavy atom. The van der Waals surface area contributed by atoms with Crippen molar-refractivity contribution >= 4 is 17.4 Å². The molecule has 1 atom stereocenters. The largest absolute Gasteiger partial charge is 0.466 e. The summed E-state index contributed by atoms with van der Waals surface area (Å²) >= 11 is 0. The van der Waals surface area contributed by atoms with Crippen LogP contribution in [0.4, 0.5) is 5.69 Å². The summed E-state index contributed by atoms with van der Waals surface area (Å²) in [6, 6.07) is 7.58. The van der Waals surface area contributed by atoms with Crippen molar-refractivity contribution in [3.8, 4) is 0 Å². The fourth-order valence-electron chi connectivity index (χ4n) is 2.57. The van der Waals surface area contributed by atoms with Crippen molar-refractivity contribution in [3.63, 3.8) is 0 Å². The molecular formula is C16H21NO3. The lowest BCUT2D eigenvalue weighted by atomic mass is 9.97. The van der Waals surface area contributed by atoms with E-state index >= 15 is 0 Å². The minimum Gasteiger partial charge on any atom is -0.466 e. The molecular weight excluding hydrogens is 254 g/mol. The highest BCUT2D eigenvalue weighted by molar-refractivity contribution is 5.94. The molecule has 1 heterocycles. The third-order valence-corrected chi connectivity index (χ3v) is 3.68. The summed E-state index contributed by atoms with van der Waals surface area (Å²) in [6.07, 6.45) is 1.87. The van der Waals surface area contributed by atoms with E-state index in [-0.39, 0.29) is 17.7 Å². The molecule has 1 aliphatic rings. The third kappa shape index (κ3) is 3.38. The van der Waals surface area contributed by atoms with E-state index in [4.69, 9.17) is 4.74 Å². The van der Waals surface area contributed by atoms with Gasteiger partial charge in [-0.2, -0.15) is 0 Å². The molecule has 2 rings (SSSR count). The Hall–Kier alpha value is -1.84. The van der Waals surface area contributed by atoms with Gasteiger partial charge < -0.3 is 9.64 Å². The van der Waals surface area contributed by atoms with E-state index in [1.54, 1.807) is 6.92 Å². The first-order valence-corrected chi connectivity index (χ1v) is 7.14. The van der Waals surface area contributed by atoms with Gasteiger partial charge in [0.1, 0.15) is 0 Å². The van der Waals surface area contributed by atoms with E-state index in [0.29, 0.717) is 18.7 Å². The molecule has 0 amide bonds. The summed E-state index contributed by atoms with van der Waals surface area (Å²) in [7, 11) is 0. The van der Waals surface area contributed by atoms with Crippen LogP contribution in [-0.4, -0.2) is 31.4 Å². The normalized spacial score (nSPS) is 18.7. The number of anilines is 1. The summed E-state index contributed by atoms with van der Waals surface area (Å²) in [5.41, 5.74) is 1.77. The van der Waals surface area contributed by atoms with Crippen LogP contribution in [0.15, 0.2) is 24.3 Å². The Kier molecular flexibility index (Phi) is 4.77. The molecule has 0 N–H and O–H groups in total. The van der Waals surface area contributed by atoms with Crippen molar-refractivity contribution in [3.05, 3.63) is 29.8 Å². The number of carbonyl (C=O) groups excluding carboxylic acids is 2. The number of ketones is 1. The highest BCUT2D eigenvalue weighted by Gasteiger charge is 2.26. The summed E-state index contributed by atoms with van der Waals surface area (Å²) in [4.78, 5) is 25.3. The number of hydrogen-bond acceptors (Lipinski definition) is 4. The van der Waals surface area contributed by atoms with E-state index < -0.39 is 0 Å². The summed E-state index contributed by atoms with van der Waals surface area (Å²) in [5, 5.41) is 0. The zero-order valence-electron chi connectivity index (χ0n) is 12.1. The summed E-state index contributed by atoms with van der Waals surface area (Å²) in [6.45, 7) is 5.46. The average Bonchev–Trinajstić information content (AvgIpc) is 2.48. The Bertz CT molecular complexity index is 481. The SMILES string of the molecule is CCOC(=O)C1CCCN(c2ccc(C(C)=O)cc2)C1. The fourth-order valence-corrected chi connectivity index (χ4v) is 2.57. The van der Waals surface area contributed by atoms with Gasteiger partial charge in [-0.25, -0.2) is 0 Å². The van der Waals surface area contributed by atoms with Gasteiger partial charge in [-0.15, -0.1) is 0 Å². The monoisotopic (exact) mass is 275 g/mol. The van der Waals surface area contributed by atoms with Gasteiger partial charge in [-0.05, 0) is 51.0 Å². The number of benzene rings is 1. The van der Waals surface area contributed by atoms with Crippen LogP contribution in [0.3, 0.4) is 0 Å². The van der Waals surface area contributed by atoms with Gasteiger partial charge in [0, 0.05) is 24.3 Å². The van der Waals surface area contributed by atoms with Gasteiger partial charge in [0.2, 0.25) is 0 Å². The number of nitrogens with zero attached hydrogens (tertiary/aromatic N) is 1. The lowest BCUT2D eigenvalue weighted by Gasteiger charge is -2.33. The van der Waals surface area contributed by atoms with Crippen LogP contribution < -0.4 is 4.90 Å². The number of ether oxygens (including phenoxy) is 1. The van der Waals surface area contributed by atoms with Gasteiger partial charge in [0.05, 0.1) is 12.5 Å². The van der Waals surface area contributed by atoms with Crippen LogP contribution >= 0.6 is 0 Å². The maximum atomic E-state index is 11.8. The standard InChI is InChI=1S/C16H21NO3/c1-3-20-16(19)14-5-4-10-17(11-14)15-8-6-13(7-9-15)12(2)18/h6-9,14H,3-5,10-11H2,1-2H3. The second-order valence-corrected chi connectivity index (χ2v) is 5.14. The van der Waals surface area contributed by atoms with Gasteiger partial charge in [-0.1, -0.05) is 0 Å². The summed E-state index contributed by atoms with van der Waals surface area (Å²) in [5.74, 6) is -0.0756. The van der Waals surface area contributed by atoms with Crippen molar-refractivity contribution in [2.45, 2.75) is 26.7 Å². The van der Waals surface area contributed by atoms with Crippen molar-refractivity contribution in [2.75, 3.05) is 24.6 Å². The maximum absolute atomic E-state index is 11.8. The molecule has 1 aromatic rings. The van der Waals surface area contributed by atoms with Crippen LogP contribution in [0.2, 0.25) is 0 Å². The number of piperidine rings is 1. The van der Waals surface area contributed by atoms with Crippen molar-refractivity contribution in [2.24, 2.45) is 5.92 Å². The number of Topliss-reactive ketones (excluding diaryl/α,β-unsaturated/α-hetero) is 1. The van der Waals surface area contributed by atoms with Crippen LogP contribution in [-0.2, 0) is 9.53 Å². The molecule has 1 saturated heterocycles. The number of hydrogen-bond donors (Lipinski definition) is 0. The third-order valence-electron chi connectivity index (χ3n) is 3.68. The van der Waals surface area contributed by atoms with Gasteiger partial charge in [0.15, 0.2) is 5.78 Å². The van der Waals surface area contributed by atoms with Crippen LogP contribution in [0, 0.1) is 5.92 Å². The van der Waals surface area contributed by atoms with E-state index in [1.165, 1.54) is 0 Å². The van der Waals surface area contributed by atoms with Crippen LogP contribution in [0.25, 0.3) is 0 Å². The number of rotatable bonds is 4. The van der Waals surface area contributed by atoms with Crippen molar-refractivity contribution in [1.82, 2.24) is 0 Å². The quantitative estimate of drug-likeness (QED) is 0.626. The second kappa shape index (κ2) is 6.55. The second-order valence-electron chi connectivity index (χ2n) is 5.14. The van der Waals surface area contributed by atoms with E-state index in [0.717, 1.165) is 25.1 Å². The Balaban J connectivity index is 2.04. The smallest absolute Gasteiger partial charge is 0.310 e. The minimum absolute atomic E-state index is 0.0452. The molecule has 1 aliphatic heterocycles. The molecule has 0 aromatic heterocycles. The van der Waals surface area contributed by atoms with Gasteiger partial charge >= 0.3 is 5.97 Å². The zero-order chi connectivity index (χ0) is 14.5. The van der Waals surface area contributed by atoms with Gasteiger partial charge in [0.25, 0.3) is 0 Å². The molecule has 108 valence electrons. The first kappa shape index (κ1) is 14.6. The predicted octanol–water partition coefficient (Wildman–Crippen LogP) is 2.67. The fraction of sp³-hybridized carbons (Fsp3) is 0.500. The summed E-state index contributed by atoms with van der Waals surface area (Å²) < 4.78 is 5.11. The molecule has 4 nitrogen and oxygen atoms in total. The molecule has 1 fully saturated rings. The molecule has 0 spiro atoms. The number of carbonyl (C=O) groups is 2. The average molecular weight is 275 g/mol.